The Kier molecular flexibility index (Phi) is 3.49. The van der Waals surface area contributed by atoms with Crippen LogP contribution in [0.5, 0.6) is 0 Å². The molecule has 1 aliphatic rings. The molecule has 2 heterocycles. The van der Waals surface area contributed by atoms with Gasteiger partial charge in [0.1, 0.15) is 0 Å². The van der Waals surface area contributed by atoms with Crippen LogP contribution in [-0.4, -0.2) is 42.1 Å². The predicted molar refractivity (Wildman–Crippen MR) is 89.8 cm³/mol. The highest BCUT2D eigenvalue weighted by Gasteiger charge is 2.27. The summed E-state index contributed by atoms with van der Waals surface area (Å²) >= 11 is 0. The van der Waals surface area contributed by atoms with Gasteiger partial charge in [0.25, 0.3) is 0 Å². The van der Waals surface area contributed by atoms with Gasteiger partial charge in [-0.15, -0.1) is 0 Å². The molecule has 0 spiro atoms. The standard InChI is InChI=1S/C17H24N4/c1-11-7-17(15-8-14(18)5-6-16(15)19-11)21-9-12(2)20(4)13(3)10-21/h5-8,12-13H,9-10,18H2,1-4H3. The zero-order valence-electron chi connectivity index (χ0n) is 13.3. The minimum atomic E-state index is 0.540. The lowest BCUT2D eigenvalue weighted by Crippen LogP contribution is -2.55. The van der Waals surface area contributed by atoms with E-state index in [-0.39, 0.29) is 0 Å². The van der Waals surface area contributed by atoms with Gasteiger partial charge in [-0.2, -0.15) is 0 Å². The number of anilines is 2. The Morgan fingerprint density at radius 3 is 2.48 bits per heavy atom. The molecule has 0 aliphatic carbocycles. The van der Waals surface area contributed by atoms with E-state index in [0.29, 0.717) is 12.1 Å². The van der Waals surface area contributed by atoms with E-state index in [4.69, 9.17) is 5.73 Å². The number of nitrogens with zero attached hydrogens (tertiary/aromatic N) is 3. The Morgan fingerprint density at radius 1 is 1.14 bits per heavy atom. The first-order chi connectivity index (χ1) is 9.95. The second-order valence-corrected chi connectivity index (χ2v) is 6.33. The Balaban J connectivity index is 2.09. The molecule has 2 unspecified atom stereocenters. The van der Waals surface area contributed by atoms with Gasteiger partial charge >= 0.3 is 0 Å². The van der Waals surface area contributed by atoms with Crippen LogP contribution in [0.25, 0.3) is 10.9 Å². The highest BCUT2D eigenvalue weighted by molar-refractivity contribution is 5.94. The van der Waals surface area contributed by atoms with Crippen LogP contribution in [0.3, 0.4) is 0 Å². The first-order valence-electron chi connectivity index (χ1n) is 7.59. The third-order valence-electron chi connectivity index (χ3n) is 4.64. The number of rotatable bonds is 1. The molecule has 1 aromatic carbocycles. The average molecular weight is 284 g/mol. The van der Waals surface area contributed by atoms with Crippen LogP contribution in [0.2, 0.25) is 0 Å². The number of piperazine rings is 1. The van der Waals surface area contributed by atoms with E-state index in [2.05, 4.69) is 48.7 Å². The van der Waals surface area contributed by atoms with Crippen molar-refractivity contribution in [2.24, 2.45) is 0 Å². The number of pyridine rings is 1. The van der Waals surface area contributed by atoms with E-state index in [1.807, 2.05) is 18.2 Å². The number of aryl methyl sites for hydroxylation is 1. The van der Waals surface area contributed by atoms with Crippen molar-refractivity contribution in [3.63, 3.8) is 0 Å². The zero-order valence-corrected chi connectivity index (χ0v) is 13.3. The molecule has 2 N–H and O–H groups in total. The molecule has 0 amide bonds. The Morgan fingerprint density at radius 2 is 1.81 bits per heavy atom. The Labute approximate surface area is 126 Å². The predicted octanol–water partition coefficient (Wildman–Crippen LogP) is 2.65. The SMILES string of the molecule is Cc1cc(N2CC(C)N(C)C(C)C2)c2cc(N)ccc2n1. The number of hydrogen-bond acceptors (Lipinski definition) is 4. The number of likely N-dealkylation sites (N-methyl/N-ethyl adjacent to an activating group) is 1. The van der Waals surface area contributed by atoms with Gasteiger partial charge in [-0.1, -0.05) is 0 Å². The molecule has 21 heavy (non-hydrogen) atoms. The van der Waals surface area contributed by atoms with E-state index >= 15 is 0 Å². The Bertz CT molecular complexity index is 655. The maximum absolute atomic E-state index is 5.98. The number of fused-ring (bicyclic) bond motifs is 1. The summed E-state index contributed by atoms with van der Waals surface area (Å²) < 4.78 is 0. The van der Waals surface area contributed by atoms with Gasteiger partial charge in [0.2, 0.25) is 0 Å². The monoisotopic (exact) mass is 284 g/mol. The normalized spacial score (nSPS) is 23.7. The smallest absolute Gasteiger partial charge is 0.0727 e. The van der Waals surface area contributed by atoms with Crippen molar-refractivity contribution < 1.29 is 0 Å². The lowest BCUT2D eigenvalue weighted by molar-refractivity contribution is 0.170. The maximum Gasteiger partial charge on any atom is 0.0727 e. The van der Waals surface area contributed by atoms with Crippen LogP contribution < -0.4 is 10.6 Å². The summed E-state index contributed by atoms with van der Waals surface area (Å²) in [5.74, 6) is 0. The minimum Gasteiger partial charge on any atom is -0.399 e. The summed E-state index contributed by atoms with van der Waals surface area (Å²) in [7, 11) is 2.21. The summed E-state index contributed by atoms with van der Waals surface area (Å²) in [4.78, 5) is 9.56. The number of hydrogen-bond donors (Lipinski definition) is 1. The van der Waals surface area contributed by atoms with E-state index in [1.165, 1.54) is 5.69 Å². The van der Waals surface area contributed by atoms with Gasteiger partial charge in [0.05, 0.1) is 5.52 Å². The molecule has 1 aromatic heterocycles. The van der Waals surface area contributed by atoms with Crippen molar-refractivity contribution in [3.05, 3.63) is 30.0 Å². The van der Waals surface area contributed by atoms with Gasteiger partial charge in [-0.3, -0.25) is 9.88 Å². The highest BCUT2D eigenvalue weighted by Crippen LogP contribution is 2.30. The van der Waals surface area contributed by atoms with Crippen LogP contribution in [0.15, 0.2) is 24.3 Å². The van der Waals surface area contributed by atoms with Crippen LogP contribution in [-0.2, 0) is 0 Å². The van der Waals surface area contributed by atoms with Crippen molar-refractivity contribution >= 4 is 22.3 Å². The largest absolute Gasteiger partial charge is 0.399 e. The lowest BCUT2D eigenvalue weighted by Gasteiger charge is -2.43. The molecular weight excluding hydrogens is 260 g/mol. The lowest BCUT2D eigenvalue weighted by atomic mass is 10.1. The first-order valence-corrected chi connectivity index (χ1v) is 7.59. The molecule has 4 heteroatoms. The molecule has 112 valence electrons. The van der Waals surface area contributed by atoms with Gasteiger partial charge in [0.15, 0.2) is 0 Å². The summed E-state index contributed by atoms with van der Waals surface area (Å²) in [5, 5.41) is 1.16. The van der Waals surface area contributed by atoms with Crippen LogP contribution in [0.4, 0.5) is 11.4 Å². The topological polar surface area (TPSA) is 45.4 Å². The van der Waals surface area contributed by atoms with Gasteiger partial charge in [-0.05, 0) is 52.1 Å². The van der Waals surface area contributed by atoms with Crippen LogP contribution in [0, 0.1) is 6.92 Å². The highest BCUT2D eigenvalue weighted by atomic mass is 15.3. The molecule has 1 fully saturated rings. The third kappa shape index (κ3) is 2.56. The zero-order chi connectivity index (χ0) is 15.1. The molecule has 0 saturated carbocycles. The van der Waals surface area contributed by atoms with Crippen molar-refractivity contribution in [2.45, 2.75) is 32.9 Å². The average Bonchev–Trinajstić information content (AvgIpc) is 2.44. The van der Waals surface area contributed by atoms with Crippen molar-refractivity contribution in [2.75, 3.05) is 30.8 Å². The summed E-state index contributed by atoms with van der Waals surface area (Å²) in [6.45, 7) is 8.70. The number of aromatic nitrogens is 1. The summed E-state index contributed by atoms with van der Waals surface area (Å²) in [6.07, 6.45) is 0. The van der Waals surface area contributed by atoms with E-state index in [1.54, 1.807) is 0 Å². The molecular formula is C17H24N4. The molecule has 1 saturated heterocycles. The molecule has 1 aliphatic heterocycles. The number of benzene rings is 1. The van der Waals surface area contributed by atoms with Gasteiger partial charge < -0.3 is 10.6 Å². The van der Waals surface area contributed by atoms with E-state index in [9.17, 15) is 0 Å². The molecule has 3 rings (SSSR count). The van der Waals surface area contributed by atoms with Crippen molar-refractivity contribution in [1.82, 2.24) is 9.88 Å². The molecule has 2 aromatic rings. The molecule has 4 nitrogen and oxygen atoms in total. The molecule has 2 atom stereocenters. The van der Waals surface area contributed by atoms with Crippen LogP contribution in [0.1, 0.15) is 19.5 Å². The first kappa shape index (κ1) is 14.1. The van der Waals surface area contributed by atoms with Crippen LogP contribution >= 0.6 is 0 Å². The maximum atomic E-state index is 5.98. The summed E-state index contributed by atoms with van der Waals surface area (Å²) in [6, 6.07) is 9.26. The van der Waals surface area contributed by atoms with E-state index in [0.717, 1.165) is 35.4 Å². The van der Waals surface area contributed by atoms with Gasteiger partial charge in [0, 0.05) is 47.6 Å². The quantitative estimate of drug-likeness (QED) is 0.818. The number of nitrogen functional groups attached to an aromatic ring is 1. The molecule has 0 radical (unpaired) electrons. The fourth-order valence-electron chi connectivity index (χ4n) is 3.22. The summed E-state index contributed by atoms with van der Waals surface area (Å²) in [5.41, 5.74) is 10.1. The minimum absolute atomic E-state index is 0.540. The fourth-order valence-corrected chi connectivity index (χ4v) is 3.22. The van der Waals surface area contributed by atoms with Crippen molar-refractivity contribution in [1.29, 1.82) is 0 Å². The second kappa shape index (κ2) is 5.19. The fraction of sp³-hybridized carbons (Fsp3) is 0.471. The molecule has 0 bridgehead atoms. The van der Waals surface area contributed by atoms with Crippen molar-refractivity contribution in [3.8, 4) is 0 Å². The Hall–Kier alpha value is -1.81. The van der Waals surface area contributed by atoms with Gasteiger partial charge in [-0.25, -0.2) is 0 Å². The second-order valence-electron chi connectivity index (χ2n) is 6.33. The van der Waals surface area contributed by atoms with E-state index < -0.39 is 0 Å². The number of nitrogens with two attached hydrogens (primary N) is 1. The third-order valence-corrected chi connectivity index (χ3v) is 4.64.